The zero-order valence-electron chi connectivity index (χ0n) is 11.4. The van der Waals surface area contributed by atoms with Crippen molar-refractivity contribution in [1.82, 2.24) is 5.32 Å². The van der Waals surface area contributed by atoms with Crippen molar-refractivity contribution in [1.29, 1.82) is 0 Å². The number of hydrogen-bond acceptors (Lipinski definition) is 3. The van der Waals surface area contributed by atoms with Gasteiger partial charge in [0.2, 0.25) is 5.91 Å². The maximum atomic E-state index is 13.5. The van der Waals surface area contributed by atoms with Gasteiger partial charge in [-0.1, -0.05) is 24.6 Å². The van der Waals surface area contributed by atoms with Crippen LogP contribution in [-0.2, 0) is 4.79 Å². The van der Waals surface area contributed by atoms with Gasteiger partial charge in [0.05, 0.1) is 6.10 Å². The molecule has 3 atom stereocenters. The van der Waals surface area contributed by atoms with Crippen LogP contribution in [-0.4, -0.2) is 23.6 Å². The SMILES string of the molecule is N[C@@H]1CCC[C@H](C(=O)NC[C@H](O)c2ccccc2F)C1. The van der Waals surface area contributed by atoms with Gasteiger partial charge in [-0.25, -0.2) is 4.39 Å². The van der Waals surface area contributed by atoms with Crippen molar-refractivity contribution in [3.63, 3.8) is 0 Å². The molecule has 0 aliphatic heterocycles. The number of nitrogens with one attached hydrogen (secondary N) is 1. The highest BCUT2D eigenvalue weighted by molar-refractivity contribution is 5.78. The number of rotatable bonds is 4. The molecular weight excluding hydrogens is 259 g/mol. The van der Waals surface area contributed by atoms with Crippen molar-refractivity contribution in [2.75, 3.05) is 6.54 Å². The van der Waals surface area contributed by atoms with Crippen LogP contribution in [0.5, 0.6) is 0 Å². The van der Waals surface area contributed by atoms with E-state index in [1.807, 2.05) is 0 Å². The second-order valence-corrected chi connectivity index (χ2v) is 5.41. The molecule has 1 amide bonds. The molecule has 1 aromatic carbocycles. The molecule has 4 nitrogen and oxygen atoms in total. The van der Waals surface area contributed by atoms with Crippen LogP contribution in [0.4, 0.5) is 4.39 Å². The summed E-state index contributed by atoms with van der Waals surface area (Å²) in [4.78, 5) is 12.0. The lowest BCUT2D eigenvalue weighted by Crippen LogP contribution is -2.39. The lowest BCUT2D eigenvalue weighted by molar-refractivity contribution is -0.126. The Morgan fingerprint density at radius 1 is 1.45 bits per heavy atom. The first-order valence-electron chi connectivity index (χ1n) is 7.03. The molecule has 1 saturated carbocycles. The van der Waals surface area contributed by atoms with Gasteiger partial charge in [0.25, 0.3) is 0 Å². The van der Waals surface area contributed by atoms with Crippen molar-refractivity contribution in [2.24, 2.45) is 11.7 Å². The second-order valence-electron chi connectivity index (χ2n) is 5.41. The van der Waals surface area contributed by atoms with Crippen molar-refractivity contribution in [3.05, 3.63) is 35.6 Å². The molecule has 0 bridgehead atoms. The first-order valence-corrected chi connectivity index (χ1v) is 7.03. The van der Waals surface area contributed by atoms with Gasteiger partial charge in [-0.15, -0.1) is 0 Å². The number of amides is 1. The minimum Gasteiger partial charge on any atom is -0.386 e. The number of benzene rings is 1. The molecule has 110 valence electrons. The first-order chi connectivity index (χ1) is 9.58. The number of nitrogens with two attached hydrogens (primary N) is 1. The summed E-state index contributed by atoms with van der Waals surface area (Å²) in [5.41, 5.74) is 6.05. The van der Waals surface area contributed by atoms with Gasteiger partial charge < -0.3 is 16.2 Å². The zero-order valence-corrected chi connectivity index (χ0v) is 11.4. The monoisotopic (exact) mass is 280 g/mol. The van der Waals surface area contributed by atoms with E-state index >= 15 is 0 Å². The van der Waals surface area contributed by atoms with Crippen LogP contribution in [0, 0.1) is 11.7 Å². The average molecular weight is 280 g/mol. The van der Waals surface area contributed by atoms with E-state index < -0.39 is 11.9 Å². The topological polar surface area (TPSA) is 75.4 Å². The lowest BCUT2D eigenvalue weighted by Gasteiger charge is -2.26. The third-order valence-corrected chi connectivity index (χ3v) is 3.82. The molecule has 20 heavy (non-hydrogen) atoms. The Labute approximate surface area is 118 Å². The van der Waals surface area contributed by atoms with Gasteiger partial charge in [0.15, 0.2) is 0 Å². The van der Waals surface area contributed by atoms with E-state index in [0.29, 0.717) is 6.42 Å². The summed E-state index contributed by atoms with van der Waals surface area (Å²) < 4.78 is 13.5. The Morgan fingerprint density at radius 2 is 2.20 bits per heavy atom. The highest BCUT2D eigenvalue weighted by atomic mass is 19.1. The van der Waals surface area contributed by atoms with E-state index in [1.165, 1.54) is 12.1 Å². The standard InChI is InChI=1S/C15H21FN2O2/c16-13-7-2-1-6-12(13)14(19)9-18-15(20)10-4-3-5-11(17)8-10/h1-2,6-7,10-11,14,19H,3-5,8-9,17H2,(H,18,20)/t10-,11+,14-/m0/s1. The van der Waals surface area contributed by atoms with Crippen molar-refractivity contribution < 1.29 is 14.3 Å². The zero-order chi connectivity index (χ0) is 14.5. The maximum absolute atomic E-state index is 13.5. The third kappa shape index (κ3) is 3.77. The second kappa shape index (κ2) is 6.81. The molecule has 5 heteroatoms. The number of halogens is 1. The van der Waals surface area contributed by atoms with Gasteiger partial charge in [-0.2, -0.15) is 0 Å². The Hall–Kier alpha value is -1.46. The predicted octanol–water partition coefficient (Wildman–Crippen LogP) is 1.49. The summed E-state index contributed by atoms with van der Waals surface area (Å²) in [5, 5.41) is 12.6. The highest BCUT2D eigenvalue weighted by Gasteiger charge is 2.25. The lowest BCUT2D eigenvalue weighted by atomic mass is 9.85. The number of aliphatic hydroxyl groups is 1. The minimum absolute atomic E-state index is 0.0193. The van der Waals surface area contributed by atoms with Crippen LogP contribution in [0.2, 0.25) is 0 Å². The van der Waals surface area contributed by atoms with E-state index in [1.54, 1.807) is 12.1 Å². The first kappa shape index (κ1) is 14.9. The van der Waals surface area contributed by atoms with E-state index in [0.717, 1.165) is 19.3 Å². The van der Waals surface area contributed by atoms with Crippen LogP contribution >= 0.6 is 0 Å². The predicted molar refractivity (Wildman–Crippen MR) is 74.3 cm³/mol. The fraction of sp³-hybridized carbons (Fsp3) is 0.533. The highest BCUT2D eigenvalue weighted by Crippen LogP contribution is 2.23. The summed E-state index contributed by atoms with van der Waals surface area (Å²) >= 11 is 0. The van der Waals surface area contributed by atoms with Crippen LogP contribution in [0.15, 0.2) is 24.3 Å². The molecule has 0 saturated heterocycles. The molecule has 1 fully saturated rings. The van der Waals surface area contributed by atoms with Gasteiger partial charge >= 0.3 is 0 Å². The van der Waals surface area contributed by atoms with E-state index in [2.05, 4.69) is 5.32 Å². The number of hydrogen-bond donors (Lipinski definition) is 3. The van der Waals surface area contributed by atoms with E-state index in [9.17, 15) is 14.3 Å². The van der Waals surface area contributed by atoms with Crippen LogP contribution in [0.3, 0.4) is 0 Å². The van der Waals surface area contributed by atoms with Gasteiger partial charge in [-0.05, 0) is 25.3 Å². The molecule has 0 heterocycles. The number of aliphatic hydroxyl groups excluding tert-OH is 1. The Bertz CT molecular complexity index is 467. The van der Waals surface area contributed by atoms with Crippen molar-refractivity contribution in [3.8, 4) is 0 Å². The average Bonchev–Trinajstić information content (AvgIpc) is 2.45. The largest absolute Gasteiger partial charge is 0.386 e. The molecule has 0 radical (unpaired) electrons. The Morgan fingerprint density at radius 3 is 2.90 bits per heavy atom. The quantitative estimate of drug-likeness (QED) is 0.782. The van der Waals surface area contributed by atoms with Crippen LogP contribution in [0.25, 0.3) is 0 Å². The molecular formula is C15H21FN2O2. The summed E-state index contributed by atoms with van der Waals surface area (Å²) in [6.45, 7) is 0.0193. The summed E-state index contributed by atoms with van der Waals surface area (Å²) in [6.07, 6.45) is 2.39. The molecule has 2 rings (SSSR count). The molecule has 0 spiro atoms. The van der Waals surface area contributed by atoms with E-state index in [-0.39, 0.29) is 30.0 Å². The molecule has 0 aromatic heterocycles. The Kier molecular flexibility index (Phi) is 5.09. The molecule has 0 unspecified atom stereocenters. The number of carbonyl (C=O) groups is 1. The van der Waals surface area contributed by atoms with Crippen LogP contribution < -0.4 is 11.1 Å². The molecule has 4 N–H and O–H groups in total. The van der Waals surface area contributed by atoms with Crippen molar-refractivity contribution in [2.45, 2.75) is 37.8 Å². The molecule has 1 aliphatic carbocycles. The molecule has 1 aliphatic rings. The normalized spacial score (nSPS) is 24.1. The third-order valence-electron chi connectivity index (χ3n) is 3.82. The smallest absolute Gasteiger partial charge is 0.223 e. The summed E-state index contributed by atoms with van der Waals surface area (Å²) in [7, 11) is 0. The maximum Gasteiger partial charge on any atom is 0.223 e. The summed E-state index contributed by atoms with van der Waals surface area (Å²) in [6, 6.07) is 6.11. The fourth-order valence-corrected chi connectivity index (χ4v) is 2.66. The van der Waals surface area contributed by atoms with Gasteiger partial charge in [0.1, 0.15) is 5.82 Å². The van der Waals surface area contributed by atoms with Crippen molar-refractivity contribution >= 4 is 5.91 Å². The number of carbonyl (C=O) groups excluding carboxylic acids is 1. The molecule has 1 aromatic rings. The van der Waals surface area contributed by atoms with Gasteiger partial charge in [0, 0.05) is 24.1 Å². The van der Waals surface area contributed by atoms with Crippen LogP contribution in [0.1, 0.15) is 37.4 Å². The summed E-state index contributed by atoms with van der Waals surface area (Å²) in [5.74, 6) is -0.656. The fourth-order valence-electron chi connectivity index (χ4n) is 2.66. The Balaban J connectivity index is 1.85. The van der Waals surface area contributed by atoms with E-state index in [4.69, 9.17) is 5.73 Å². The van der Waals surface area contributed by atoms with Gasteiger partial charge in [-0.3, -0.25) is 4.79 Å². The minimum atomic E-state index is -1.03.